The SMILES string of the molecule is CC(C)C(C(=O)O)c1csc(Br)n1. The minimum Gasteiger partial charge on any atom is -0.481 e. The Morgan fingerprint density at radius 2 is 2.31 bits per heavy atom. The number of aromatic nitrogens is 1. The van der Waals surface area contributed by atoms with E-state index in [1.807, 2.05) is 13.8 Å². The lowest BCUT2D eigenvalue weighted by Gasteiger charge is -2.12. The zero-order valence-corrected chi connectivity index (χ0v) is 9.72. The highest BCUT2D eigenvalue weighted by Gasteiger charge is 2.25. The van der Waals surface area contributed by atoms with E-state index in [9.17, 15) is 4.79 Å². The lowest BCUT2D eigenvalue weighted by Crippen LogP contribution is -2.17. The topological polar surface area (TPSA) is 50.2 Å². The summed E-state index contributed by atoms with van der Waals surface area (Å²) in [5.41, 5.74) is 0.638. The lowest BCUT2D eigenvalue weighted by molar-refractivity contribution is -0.139. The summed E-state index contributed by atoms with van der Waals surface area (Å²) in [5, 5.41) is 10.7. The molecule has 1 N–H and O–H groups in total. The highest BCUT2D eigenvalue weighted by Crippen LogP contribution is 2.27. The molecule has 0 fully saturated rings. The van der Waals surface area contributed by atoms with Crippen LogP contribution in [0.1, 0.15) is 25.5 Å². The number of rotatable bonds is 3. The van der Waals surface area contributed by atoms with Gasteiger partial charge in [-0.05, 0) is 21.8 Å². The molecule has 1 rings (SSSR count). The minimum absolute atomic E-state index is 0.0616. The van der Waals surface area contributed by atoms with Crippen molar-refractivity contribution in [3.63, 3.8) is 0 Å². The molecule has 72 valence electrons. The molecule has 1 aromatic heterocycles. The van der Waals surface area contributed by atoms with E-state index >= 15 is 0 Å². The number of nitrogens with zero attached hydrogens (tertiary/aromatic N) is 1. The number of carboxylic acid groups (broad SMARTS) is 1. The molecule has 0 radical (unpaired) electrons. The van der Waals surface area contributed by atoms with Crippen LogP contribution in [0.3, 0.4) is 0 Å². The van der Waals surface area contributed by atoms with Crippen molar-refractivity contribution in [2.24, 2.45) is 5.92 Å². The highest BCUT2D eigenvalue weighted by atomic mass is 79.9. The Labute approximate surface area is 88.9 Å². The standard InChI is InChI=1S/C8H10BrNO2S/c1-4(2)6(7(11)12)5-3-13-8(9)10-5/h3-4,6H,1-2H3,(H,11,12). The molecule has 3 nitrogen and oxygen atoms in total. The second-order valence-corrected chi connectivity index (χ2v) is 5.22. The Balaban J connectivity index is 2.95. The summed E-state index contributed by atoms with van der Waals surface area (Å²) >= 11 is 4.62. The van der Waals surface area contributed by atoms with Gasteiger partial charge in [0.2, 0.25) is 0 Å². The van der Waals surface area contributed by atoms with Gasteiger partial charge in [0.25, 0.3) is 0 Å². The first-order valence-electron chi connectivity index (χ1n) is 3.86. The minimum atomic E-state index is -0.812. The number of halogens is 1. The molecule has 0 saturated carbocycles. The van der Waals surface area contributed by atoms with Gasteiger partial charge in [-0.2, -0.15) is 0 Å². The largest absolute Gasteiger partial charge is 0.481 e. The fraction of sp³-hybridized carbons (Fsp3) is 0.500. The maximum absolute atomic E-state index is 10.9. The summed E-state index contributed by atoms with van der Waals surface area (Å²) in [6, 6.07) is 0. The first-order chi connectivity index (χ1) is 6.02. The van der Waals surface area contributed by atoms with Crippen molar-refractivity contribution in [2.45, 2.75) is 19.8 Å². The van der Waals surface area contributed by atoms with Crippen LogP contribution in [-0.4, -0.2) is 16.1 Å². The van der Waals surface area contributed by atoms with E-state index in [-0.39, 0.29) is 5.92 Å². The number of thiazole rings is 1. The molecule has 5 heteroatoms. The Bertz CT molecular complexity index is 311. The molecule has 0 amide bonds. The zero-order valence-electron chi connectivity index (χ0n) is 7.32. The zero-order chi connectivity index (χ0) is 10.0. The van der Waals surface area contributed by atoms with E-state index in [0.717, 1.165) is 3.92 Å². The van der Waals surface area contributed by atoms with Crippen LogP contribution in [0.4, 0.5) is 0 Å². The van der Waals surface area contributed by atoms with Crippen molar-refractivity contribution >= 4 is 33.2 Å². The maximum atomic E-state index is 10.9. The summed E-state index contributed by atoms with van der Waals surface area (Å²) in [6.45, 7) is 3.76. The fourth-order valence-corrected chi connectivity index (χ4v) is 2.22. The molecular weight excluding hydrogens is 254 g/mol. The second kappa shape index (κ2) is 4.19. The predicted octanol–water partition coefficient (Wildman–Crippen LogP) is 2.73. The summed E-state index contributed by atoms with van der Waals surface area (Å²) in [7, 11) is 0. The molecule has 0 aliphatic heterocycles. The Hall–Kier alpha value is -0.420. The summed E-state index contributed by atoms with van der Waals surface area (Å²) in [5.74, 6) is -1.25. The van der Waals surface area contributed by atoms with Gasteiger partial charge in [-0.1, -0.05) is 13.8 Å². The number of carbonyl (C=O) groups is 1. The number of aliphatic carboxylic acids is 1. The van der Waals surface area contributed by atoms with Crippen LogP contribution in [0.15, 0.2) is 9.30 Å². The molecule has 0 saturated heterocycles. The third-order valence-corrected chi connectivity index (χ3v) is 3.13. The van der Waals surface area contributed by atoms with E-state index in [1.54, 1.807) is 5.38 Å². The van der Waals surface area contributed by atoms with Gasteiger partial charge < -0.3 is 5.11 Å². The van der Waals surface area contributed by atoms with Crippen molar-refractivity contribution < 1.29 is 9.90 Å². The van der Waals surface area contributed by atoms with E-state index in [0.29, 0.717) is 5.69 Å². The highest BCUT2D eigenvalue weighted by molar-refractivity contribution is 9.11. The Morgan fingerprint density at radius 3 is 2.62 bits per heavy atom. The van der Waals surface area contributed by atoms with Crippen LogP contribution in [0, 0.1) is 5.92 Å². The second-order valence-electron chi connectivity index (χ2n) is 3.09. The quantitative estimate of drug-likeness (QED) is 0.913. The number of hydrogen-bond acceptors (Lipinski definition) is 3. The molecule has 1 heterocycles. The summed E-state index contributed by atoms with van der Waals surface area (Å²) in [4.78, 5) is 15.0. The monoisotopic (exact) mass is 263 g/mol. The first-order valence-corrected chi connectivity index (χ1v) is 5.53. The average molecular weight is 264 g/mol. The van der Waals surface area contributed by atoms with Gasteiger partial charge in [0, 0.05) is 5.38 Å². The Morgan fingerprint density at radius 1 is 1.69 bits per heavy atom. The van der Waals surface area contributed by atoms with Crippen molar-refractivity contribution in [1.29, 1.82) is 0 Å². The van der Waals surface area contributed by atoms with Gasteiger partial charge in [-0.15, -0.1) is 11.3 Å². The van der Waals surface area contributed by atoms with Gasteiger partial charge >= 0.3 is 5.97 Å². The molecule has 0 aromatic carbocycles. The fourth-order valence-electron chi connectivity index (χ4n) is 1.16. The molecule has 1 unspecified atom stereocenters. The Kier molecular flexibility index (Phi) is 3.44. The molecule has 1 aromatic rings. The number of hydrogen-bond donors (Lipinski definition) is 1. The van der Waals surface area contributed by atoms with E-state index in [4.69, 9.17) is 5.11 Å². The third kappa shape index (κ3) is 2.51. The normalized spacial score (nSPS) is 13.2. The molecule has 0 spiro atoms. The van der Waals surface area contributed by atoms with Crippen molar-refractivity contribution in [1.82, 2.24) is 4.98 Å². The van der Waals surface area contributed by atoms with Gasteiger partial charge in [0.05, 0.1) is 5.69 Å². The predicted molar refractivity (Wildman–Crippen MR) is 55.0 cm³/mol. The maximum Gasteiger partial charge on any atom is 0.312 e. The van der Waals surface area contributed by atoms with Crippen LogP contribution in [0.25, 0.3) is 0 Å². The summed E-state index contributed by atoms with van der Waals surface area (Å²) < 4.78 is 0.731. The van der Waals surface area contributed by atoms with E-state index in [1.165, 1.54) is 11.3 Å². The van der Waals surface area contributed by atoms with Crippen molar-refractivity contribution in [3.05, 3.63) is 15.0 Å². The summed E-state index contributed by atoms with van der Waals surface area (Å²) in [6.07, 6.45) is 0. The molecule has 1 atom stereocenters. The average Bonchev–Trinajstić information content (AvgIpc) is 2.34. The van der Waals surface area contributed by atoms with Crippen LogP contribution >= 0.6 is 27.3 Å². The number of carboxylic acids is 1. The van der Waals surface area contributed by atoms with E-state index < -0.39 is 11.9 Å². The smallest absolute Gasteiger partial charge is 0.312 e. The van der Waals surface area contributed by atoms with Gasteiger partial charge in [-0.25, -0.2) is 4.98 Å². The van der Waals surface area contributed by atoms with Crippen molar-refractivity contribution in [2.75, 3.05) is 0 Å². The molecule has 13 heavy (non-hydrogen) atoms. The van der Waals surface area contributed by atoms with Gasteiger partial charge in [0.15, 0.2) is 3.92 Å². The molecule has 0 aliphatic carbocycles. The van der Waals surface area contributed by atoms with Crippen LogP contribution < -0.4 is 0 Å². The van der Waals surface area contributed by atoms with Crippen LogP contribution in [-0.2, 0) is 4.79 Å². The third-order valence-electron chi connectivity index (χ3n) is 1.75. The van der Waals surface area contributed by atoms with Crippen LogP contribution in [0.2, 0.25) is 0 Å². The van der Waals surface area contributed by atoms with Gasteiger partial charge in [0.1, 0.15) is 5.92 Å². The van der Waals surface area contributed by atoms with Gasteiger partial charge in [-0.3, -0.25) is 4.79 Å². The van der Waals surface area contributed by atoms with E-state index in [2.05, 4.69) is 20.9 Å². The van der Waals surface area contributed by atoms with Crippen molar-refractivity contribution in [3.8, 4) is 0 Å². The molecular formula is C8H10BrNO2S. The molecule has 0 bridgehead atoms. The first kappa shape index (κ1) is 10.7. The molecule has 0 aliphatic rings. The van der Waals surface area contributed by atoms with Crippen LogP contribution in [0.5, 0.6) is 0 Å². The lowest BCUT2D eigenvalue weighted by atomic mass is 9.93.